The van der Waals surface area contributed by atoms with Crippen molar-refractivity contribution in [1.82, 2.24) is 19.7 Å². The maximum atomic E-state index is 14.0. The van der Waals surface area contributed by atoms with Gasteiger partial charge in [-0.1, -0.05) is 57.9 Å². The van der Waals surface area contributed by atoms with E-state index in [0.29, 0.717) is 42.1 Å². The van der Waals surface area contributed by atoms with Gasteiger partial charge in [-0.05, 0) is 44.2 Å². The number of aromatic nitrogens is 3. The number of nitrogens with zero attached hydrogens (tertiary/aromatic N) is 4. The Hall–Kier alpha value is -2.74. The lowest BCUT2D eigenvalue weighted by atomic mass is 10.0. The molecule has 1 saturated heterocycles. The van der Waals surface area contributed by atoms with Gasteiger partial charge in [-0.2, -0.15) is 5.10 Å². The van der Waals surface area contributed by atoms with Crippen molar-refractivity contribution in [2.75, 3.05) is 24.6 Å². The van der Waals surface area contributed by atoms with Crippen LogP contribution in [0, 0.1) is 6.92 Å². The van der Waals surface area contributed by atoms with Crippen LogP contribution >= 0.6 is 0 Å². The average molecular weight is 511 g/mol. The van der Waals surface area contributed by atoms with Crippen molar-refractivity contribution in [2.24, 2.45) is 0 Å². The van der Waals surface area contributed by atoms with E-state index in [4.69, 9.17) is 10.1 Å². The van der Waals surface area contributed by atoms with E-state index in [1.54, 1.807) is 4.68 Å². The van der Waals surface area contributed by atoms with Gasteiger partial charge >= 0.3 is 0 Å². The first-order valence-corrected chi connectivity index (χ1v) is 15.1. The van der Waals surface area contributed by atoms with Gasteiger partial charge in [0.15, 0.2) is 15.5 Å². The summed E-state index contributed by atoms with van der Waals surface area (Å²) < 4.78 is 26.3. The molecular weight excluding hydrogens is 472 g/mol. The van der Waals surface area contributed by atoms with Gasteiger partial charge in [-0.15, -0.1) is 0 Å². The smallest absolute Gasteiger partial charge is 0.254 e. The second-order valence-electron chi connectivity index (χ2n) is 9.89. The maximum Gasteiger partial charge on any atom is 0.254 e. The minimum atomic E-state index is -3.10. The van der Waals surface area contributed by atoms with Crippen LogP contribution in [0.15, 0.2) is 30.3 Å². The number of pyridine rings is 1. The Labute approximate surface area is 214 Å². The molecule has 0 aliphatic carbocycles. The Morgan fingerprint density at radius 1 is 1.08 bits per heavy atom. The van der Waals surface area contributed by atoms with Gasteiger partial charge in [0.25, 0.3) is 5.91 Å². The van der Waals surface area contributed by atoms with Crippen molar-refractivity contribution < 1.29 is 13.2 Å². The van der Waals surface area contributed by atoms with Crippen LogP contribution in [0.1, 0.15) is 80.5 Å². The molecule has 8 heteroatoms. The highest BCUT2D eigenvalue weighted by molar-refractivity contribution is 7.91. The third-order valence-electron chi connectivity index (χ3n) is 7.13. The topological polar surface area (TPSA) is 85.2 Å². The highest BCUT2D eigenvalue weighted by atomic mass is 32.2. The first kappa shape index (κ1) is 26.3. The summed E-state index contributed by atoms with van der Waals surface area (Å²) in [5.41, 5.74) is 4.79. The SMILES string of the molecule is CCCCN(CCCC)C(=O)c1cc(-c2ccc(CC)cc2)nc2c1c(C)nn2C1CCS(=O)(=O)C1. The van der Waals surface area contributed by atoms with E-state index in [0.717, 1.165) is 43.1 Å². The van der Waals surface area contributed by atoms with E-state index in [1.165, 1.54) is 5.56 Å². The molecule has 194 valence electrons. The van der Waals surface area contributed by atoms with E-state index in [-0.39, 0.29) is 23.5 Å². The summed E-state index contributed by atoms with van der Waals surface area (Å²) in [6, 6.07) is 9.89. The molecule has 0 spiro atoms. The van der Waals surface area contributed by atoms with Crippen LogP contribution in [0.25, 0.3) is 22.3 Å². The fraction of sp³-hybridized carbons (Fsp3) is 0.536. The van der Waals surface area contributed by atoms with Crippen LogP contribution in [-0.2, 0) is 16.3 Å². The van der Waals surface area contributed by atoms with Gasteiger partial charge in [0, 0.05) is 18.7 Å². The molecule has 0 bridgehead atoms. The second kappa shape index (κ2) is 11.1. The van der Waals surface area contributed by atoms with Gasteiger partial charge in [-0.3, -0.25) is 4.79 Å². The number of rotatable bonds is 10. The van der Waals surface area contributed by atoms with Crippen molar-refractivity contribution >= 4 is 26.8 Å². The summed E-state index contributed by atoms with van der Waals surface area (Å²) in [6.07, 6.45) is 5.40. The molecule has 2 aromatic heterocycles. The summed E-state index contributed by atoms with van der Waals surface area (Å²) in [7, 11) is -3.10. The first-order chi connectivity index (χ1) is 17.3. The minimum absolute atomic E-state index is 0.00239. The molecule has 0 saturated carbocycles. The number of carbonyl (C=O) groups is 1. The third kappa shape index (κ3) is 5.48. The van der Waals surface area contributed by atoms with Gasteiger partial charge in [0.1, 0.15) is 0 Å². The van der Waals surface area contributed by atoms with Gasteiger partial charge < -0.3 is 4.90 Å². The Kier molecular flexibility index (Phi) is 8.13. The normalized spacial score (nSPS) is 17.1. The van der Waals surface area contributed by atoms with Crippen molar-refractivity contribution in [3.05, 3.63) is 47.2 Å². The molecule has 1 amide bonds. The molecule has 0 N–H and O–H groups in total. The predicted molar refractivity (Wildman–Crippen MR) is 145 cm³/mol. The fourth-order valence-corrected chi connectivity index (χ4v) is 6.64. The number of fused-ring (bicyclic) bond motifs is 1. The number of hydrogen-bond acceptors (Lipinski definition) is 5. The van der Waals surface area contributed by atoms with E-state index in [2.05, 4.69) is 32.9 Å². The third-order valence-corrected chi connectivity index (χ3v) is 8.88. The van der Waals surface area contributed by atoms with Crippen LogP contribution in [0.3, 0.4) is 0 Å². The van der Waals surface area contributed by atoms with E-state index in [1.807, 2.05) is 30.0 Å². The molecule has 3 aromatic rings. The second-order valence-corrected chi connectivity index (χ2v) is 12.1. The zero-order chi connectivity index (χ0) is 25.9. The number of benzene rings is 1. The Morgan fingerprint density at radius 3 is 2.31 bits per heavy atom. The van der Waals surface area contributed by atoms with Crippen molar-refractivity contribution in [2.45, 2.75) is 72.3 Å². The molecule has 4 rings (SSSR count). The lowest BCUT2D eigenvalue weighted by molar-refractivity contribution is 0.0753. The lowest BCUT2D eigenvalue weighted by Crippen LogP contribution is -2.33. The number of aryl methyl sites for hydroxylation is 2. The molecule has 36 heavy (non-hydrogen) atoms. The first-order valence-electron chi connectivity index (χ1n) is 13.3. The predicted octanol–water partition coefficient (Wildman–Crippen LogP) is 5.37. The van der Waals surface area contributed by atoms with E-state index < -0.39 is 9.84 Å². The largest absolute Gasteiger partial charge is 0.339 e. The Bertz CT molecular complexity index is 1320. The van der Waals surface area contributed by atoms with Crippen LogP contribution in [-0.4, -0.2) is 58.6 Å². The van der Waals surface area contributed by atoms with Crippen LogP contribution in [0.5, 0.6) is 0 Å². The van der Waals surface area contributed by atoms with E-state index in [9.17, 15) is 13.2 Å². The van der Waals surface area contributed by atoms with E-state index >= 15 is 0 Å². The quantitative estimate of drug-likeness (QED) is 0.366. The molecule has 0 radical (unpaired) electrons. The number of unbranched alkanes of at least 4 members (excludes halogenated alkanes) is 2. The molecule has 1 atom stereocenters. The van der Waals surface area contributed by atoms with Gasteiger partial charge in [0.05, 0.1) is 39.9 Å². The molecule has 1 aliphatic rings. The molecule has 1 aliphatic heterocycles. The molecule has 1 unspecified atom stereocenters. The Balaban J connectivity index is 1.88. The highest BCUT2D eigenvalue weighted by Crippen LogP contribution is 2.33. The van der Waals surface area contributed by atoms with Crippen LogP contribution in [0.4, 0.5) is 0 Å². The molecule has 1 fully saturated rings. The summed E-state index contributed by atoms with van der Waals surface area (Å²) in [5.74, 6) is 0.212. The summed E-state index contributed by atoms with van der Waals surface area (Å²) in [4.78, 5) is 20.9. The zero-order valence-electron chi connectivity index (χ0n) is 22.0. The van der Waals surface area contributed by atoms with Crippen molar-refractivity contribution in [1.29, 1.82) is 0 Å². The van der Waals surface area contributed by atoms with Crippen LogP contribution in [0.2, 0.25) is 0 Å². The Morgan fingerprint density at radius 2 is 1.75 bits per heavy atom. The van der Waals surface area contributed by atoms with Gasteiger partial charge in [0.2, 0.25) is 0 Å². The number of amides is 1. The standard InChI is InChI=1S/C28H38N4O3S/c1-5-8-15-31(16-9-6-2)28(33)24-18-25(22-12-10-21(7-3)11-13-22)29-27-26(24)20(4)30-32(27)23-14-17-36(34,35)19-23/h10-13,18,23H,5-9,14-17,19H2,1-4H3. The molecule has 1 aromatic carbocycles. The number of hydrogen-bond donors (Lipinski definition) is 0. The molecule has 3 heterocycles. The summed E-state index contributed by atoms with van der Waals surface area (Å²) in [5, 5.41) is 5.48. The lowest BCUT2D eigenvalue weighted by Gasteiger charge is -2.23. The zero-order valence-corrected chi connectivity index (χ0v) is 22.8. The minimum Gasteiger partial charge on any atom is -0.339 e. The molecular formula is C28H38N4O3S. The fourth-order valence-electron chi connectivity index (χ4n) is 4.95. The summed E-state index contributed by atoms with van der Waals surface area (Å²) >= 11 is 0. The highest BCUT2D eigenvalue weighted by Gasteiger charge is 2.33. The van der Waals surface area contributed by atoms with Gasteiger partial charge in [-0.25, -0.2) is 18.1 Å². The molecule has 7 nitrogen and oxygen atoms in total. The number of sulfone groups is 1. The van der Waals surface area contributed by atoms with Crippen molar-refractivity contribution in [3.8, 4) is 11.3 Å². The summed E-state index contributed by atoms with van der Waals surface area (Å²) in [6.45, 7) is 9.71. The maximum absolute atomic E-state index is 14.0. The number of carbonyl (C=O) groups excluding carboxylic acids is 1. The average Bonchev–Trinajstić information content (AvgIpc) is 3.41. The monoisotopic (exact) mass is 510 g/mol. The van der Waals surface area contributed by atoms with Crippen molar-refractivity contribution in [3.63, 3.8) is 0 Å². The van der Waals surface area contributed by atoms with Crippen LogP contribution < -0.4 is 0 Å².